The zero-order valence-corrected chi connectivity index (χ0v) is 18.7. The molecule has 1 aromatic carbocycles. The maximum absolute atomic E-state index is 14.0. The number of likely N-dealkylation sites (tertiary alicyclic amines) is 1. The van der Waals surface area contributed by atoms with Crippen molar-refractivity contribution in [3.8, 4) is 17.7 Å². The Morgan fingerprint density at radius 2 is 2.12 bits per heavy atom. The first kappa shape index (κ1) is 23.3. The van der Waals surface area contributed by atoms with E-state index in [1.807, 2.05) is 33.8 Å². The van der Waals surface area contributed by atoms with Gasteiger partial charge in [-0.25, -0.2) is 14.2 Å². The standard InChI is InChI=1S/C23H27FN4O4/c1-15-11-17(8-10-28(15)22(29)32-23(2,3)4)31-21-7-9-26-20(27-21)14-30-19-6-5-16(13-25)12-18(19)24/h5-7,9,12,15,17H,8,10-11,14H2,1-4H3/t15-,17-/m0/s1. The molecule has 32 heavy (non-hydrogen) atoms. The molecular weight excluding hydrogens is 415 g/mol. The van der Waals surface area contributed by atoms with Crippen molar-refractivity contribution in [3.63, 3.8) is 0 Å². The molecule has 2 aromatic rings. The van der Waals surface area contributed by atoms with Crippen molar-refractivity contribution in [3.05, 3.63) is 47.7 Å². The normalized spacial score (nSPS) is 18.6. The molecule has 1 aromatic heterocycles. The second-order valence-electron chi connectivity index (χ2n) is 8.64. The third-order valence-corrected chi connectivity index (χ3v) is 4.84. The summed E-state index contributed by atoms with van der Waals surface area (Å²) in [5.41, 5.74) is -0.321. The molecule has 9 heteroatoms. The molecule has 0 spiro atoms. The largest absolute Gasteiger partial charge is 0.483 e. The van der Waals surface area contributed by atoms with Crippen molar-refractivity contribution in [2.24, 2.45) is 0 Å². The molecule has 0 saturated carbocycles. The van der Waals surface area contributed by atoms with E-state index in [1.165, 1.54) is 12.1 Å². The smallest absolute Gasteiger partial charge is 0.410 e. The first-order valence-electron chi connectivity index (χ1n) is 10.5. The second kappa shape index (κ2) is 9.81. The quantitative estimate of drug-likeness (QED) is 0.683. The molecule has 1 aliphatic rings. The van der Waals surface area contributed by atoms with Gasteiger partial charge in [0.2, 0.25) is 5.88 Å². The molecule has 0 unspecified atom stereocenters. The number of carbonyl (C=O) groups is 1. The molecule has 3 rings (SSSR count). The third-order valence-electron chi connectivity index (χ3n) is 4.84. The summed E-state index contributed by atoms with van der Waals surface area (Å²) < 4.78 is 30.9. The van der Waals surface area contributed by atoms with Crippen LogP contribution in [0.4, 0.5) is 9.18 Å². The van der Waals surface area contributed by atoms with Crippen LogP contribution in [0.3, 0.4) is 0 Å². The van der Waals surface area contributed by atoms with Crippen molar-refractivity contribution in [2.75, 3.05) is 6.54 Å². The number of rotatable bonds is 5. The highest BCUT2D eigenvalue weighted by atomic mass is 19.1. The van der Waals surface area contributed by atoms with E-state index in [-0.39, 0.29) is 36.2 Å². The fourth-order valence-electron chi connectivity index (χ4n) is 3.34. The predicted octanol–water partition coefficient (Wildman–Crippen LogP) is 4.23. The molecule has 0 aliphatic carbocycles. The van der Waals surface area contributed by atoms with E-state index < -0.39 is 11.4 Å². The number of piperidine rings is 1. The van der Waals surface area contributed by atoms with Crippen LogP contribution in [0.5, 0.6) is 11.6 Å². The van der Waals surface area contributed by atoms with Gasteiger partial charge in [0.1, 0.15) is 18.3 Å². The van der Waals surface area contributed by atoms with Crippen molar-refractivity contribution in [1.82, 2.24) is 14.9 Å². The molecule has 170 valence electrons. The molecule has 1 saturated heterocycles. The molecule has 0 N–H and O–H groups in total. The number of hydrogen-bond acceptors (Lipinski definition) is 7. The van der Waals surface area contributed by atoms with Crippen LogP contribution in [-0.4, -0.2) is 45.3 Å². The lowest BCUT2D eigenvalue weighted by molar-refractivity contribution is -0.00156. The molecule has 1 aliphatic heterocycles. The molecule has 0 radical (unpaired) electrons. The summed E-state index contributed by atoms with van der Waals surface area (Å²) in [4.78, 5) is 22.6. The van der Waals surface area contributed by atoms with Crippen LogP contribution in [0.2, 0.25) is 0 Å². The van der Waals surface area contributed by atoms with E-state index in [0.717, 1.165) is 6.07 Å². The SMILES string of the molecule is C[C@H]1C[C@@H](Oc2ccnc(COc3ccc(C#N)cc3F)n2)CCN1C(=O)OC(C)(C)C. The van der Waals surface area contributed by atoms with Gasteiger partial charge in [0, 0.05) is 37.7 Å². The van der Waals surface area contributed by atoms with Crippen molar-refractivity contribution in [2.45, 2.75) is 64.9 Å². The van der Waals surface area contributed by atoms with E-state index in [1.54, 1.807) is 17.2 Å². The van der Waals surface area contributed by atoms with Crippen LogP contribution >= 0.6 is 0 Å². The number of nitrogens with zero attached hydrogens (tertiary/aromatic N) is 4. The predicted molar refractivity (Wildman–Crippen MR) is 114 cm³/mol. The summed E-state index contributed by atoms with van der Waals surface area (Å²) in [6, 6.07) is 7.47. The Bertz CT molecular complexity index is 1000. The second-order valence-corrected chi connectivity index (χ2v) is 8.64. The van der Waals surface area contributed by atoms with Crippen molar-refractivity contribution < 1.29 is 23.4 Å². The Labute approximate surface area is 186 Å². The average molecular weight is 442 g/mol. The Morgan fingerprint density at radius 3 is 2.78 bits per heavy atom. The number of hydrogen-bond donors (Lipinski definition) is 0. The molecule has 2 atom stereocenters. The Hall–Kier alpha value is -3.41. The van der Waals surface area contributed by atoms with E-state index in [9.17, 15) is 9.18 Å². The zero-order valence-electron chi connectivity index (χ0n) is 18.7. The summed E-state index contributed by atoms with van der Waals surface area (Å²) >= 11 is 0. The molecule has 1 fully saturated rings. The number of ether oxygens (including phenoxy) is 3. The Balaban J connectivity index is 1.55. The van der Waals surface area contributed by atoms with E-state index >= 15 is 0 Å². The highest BCUT2D eigenvalue weighted by Gasteiger charge is 2.32. The lowest BCUT2D eigenvalue weighted by Gasteiger charge is -2.38. The maximum Gasteiger partial charge on any atom is 0.410 e. The molecule has 8 nitrogen and oxygen atoms in total. The van der Waals surface area contributed by atoms with Gasteiger partial charge in [-0.1, -0.05) is 0 Å². The van der Waals surface area contributed by atoms with Crippen LogP contribution < -0.4 is 9.47 Å². The minimum Gasteiger partial charge on any atom is -0.483 e. The van der Waals surface area contributed by atoms with Gasteiger partial charge in [0.25, 0.3) is 0 Å². The summed E-state index contributed by atoms with van der Waals surface area (Å²) in [5, 5.41) is 8.81. The van der Waals surface area contributed by atoms with Gasteiger partial charge in [-0.2, -0.15) is 10.2 Å². The van der Waals surface area contributed by atoms with Gasteiger partial charge >= 0.3 is 6.09 Å². The monoisotopic (exact) mass is 442 g/mol. The first-order valence-corrected chi connectivity index (χ1v) is 10.5. The van der Waals surface area contributed by atoms with E-state index in [2.05, 4.69) is 9.97 Å². The summed E-state index contributed by atoms with van der Waals surface area (Å²) in [6.07, 6.45) is 2.42. The van der Waals surface area contributed by atoms with Gasteiger partial charge in [-0.15, -0.1) is 0 Å². The summed E-state index contributed by atoms with van der Waals surface area (Å²) in [7, 11) is 0. The number of nitriles is 1. The fourth-order valence-corrected chi connectivity index (χ4v) is 3.34. The van der Waals surface area contributed by atoms with Gasteiger partial charge in [-0.3, -0.25) is 0 Å². The van der Waals surface area contributed by atoms with Gasteiger partial charge in [-0.05, 0) is 45.9 Å². The Morgan fingerprint density at radius 1 is 1.34 bits per heavy atom. The fraction of sp³-hybridized carbons (Fsp3) is 0.478. The van der Waals surface area contributed by atoms with Gasteiger partial charge < -0.3 is 19.1 Å². The van der Waals surface area contributed by atoms with Crippen LogP contribution in [-0.2, 0) is 11.3 Å². The number of carbonyl (C=O) groups excluding carboxylic acids is 1. The first-order chi connectivity index (χ1) is 15.1. The highest BCUT2D eigenvalue weighted by Crippen LogP contribution is 2.24. The van der Waals surface area contributed by atoms with Crippen LogP contribution in [0, 0.1) is 17.1 Å². The highest BCUT2D eigenvalue weighted by molar-refractivity contribution is 5.68. The lowest BCUT2D eigenvalue weighted by atomic mass is 10.0. The summed E-state index contributed by atoms with van der Waals surface area (Å²) in [6.45, 7) is 7.98. The number of benzene rings is 1. The van der Waals surface area contributed by atoms with Crippen LogP contribution in [0.1, 0.15) is 51.9 Å². The third kappa shape index (κ3) is 6.30. The van der Waals surface area contributed by atoms with Gasteiger partial charge in [0.05, 0.1) is 11.6 Å². The average Bonchev–Trinajstić information content (AvgIpc) is 2.72. The molecule has 0 bridgehead atoms. The van der Waals surface area contributed by atoms with E-state index in [4.69, 9.17) is 19.5 Å². The minimum atomic E-state index is -0.623. The number of amides is 1. The minimum absolute atomic E-state index is 0.0160. The van der Waals surface area contributed by atoms with Crippen molar-refractivity contribution in [1.29, 1.82) is 5.26 Å². The van der Waals surface area contributed by atoms with Crippen LogP contribution in [0.15, 0.2) is 30.5 Å². The zero-order chi connectivity index (χ0) is 23.3. The van der Waals surface area contributed by atoms with E-state index in [0.29, 0.717) is 31.1 Å². The topological polar surface area (TPSA) is 97.6 Å². The molecular formula is C23H27FN4O4. The molecule has 2 heterocycles. The van der Waals surface area contributed by atoms with Crippen LogP contribution in [0.25, 0.3) is 0 Å². The van der Waals surface area contributed by atoms with Crippen molar-refractivity contribution >= 4 is 6.09 Å². The maximum atomic E-state index is 14.0. The Kier molecular flexibility index (Phi) is 7.13. The number of halogens is 1. The van der Waals surface area contributed by atoms with Gasteiger partial charge in [0.15, 0.2) is 17.4 Å². The number of aromatic nitrogens is 2. The molecule has 1 amide bonds. The lowest BCUT2D eigenvalue weighted by Crippen LogP contribution is -2.49. The summed E-state index contributed by atoms with van der Waals surface area (Å²) in [5.74, 6) is 0.122.